The van der Waals surface area contributed by atoms with E-state index in [0.717, 1.165) is 37.9 Å². The first-order valence-electron chi connectivity index (χ1n) is 14.4. The highest BCUT2D eigenvalue weighted by Crippen LogP contribution is 2.28. The molecular formula is C31H49N3. The minimum atomic E-state index is 0.482. The summed E-state index contributed by atoms with van der Waals surface area (Å²) in [6, 6.07) is 16.8. The molecule has 0 aliphatic heterocycles. The first kappa shape index (κ1) is 25.7. The third-order valence-corrected chi connectivity index (χ3v) is 8.45. The summed E-state index contributed by atoms with van der Waals surface area (Å²) in [4.78, 5) is 0. The van der Waals surface area contributed by atoms with E-state index in [2.05, 4.69) is 65.5 Å². The SMILES string of the molecule is CNC[C@@H](CC1CCCCC1)NC[C@@H](Cc1ccc2ccccc2c1)NCCC1CCCCC1. The van der Waals surface area contributed by atoms with Gasteiger partial charge in [-0.15, -0.1) is 0 Å². The van der Waals surface area contributed by atoms with Crippen LogP contribution in [0.3, 0.4) is 0 Å². The summed E-state index contributed by atoms with van der Waals surface area (Å²) < 4.78 is 0. The lowest BCUT2D eigenvalue weighted by Crippen LogP contribution is -2.47. The van der Waals surface area contributed by atoms with Crippen LogP contribution in [0.25, 0.3) is 10.8 Å². The van der Waals surface area contributed by atoms with E-state index >= 15 is 0 Å². The van der Waals surface area contributed by atoms with Crippen LogP contribution in [0, 0.1) is 11.8 Å². The summed E-state index contributed by atoms with van der Waals surface area (Å²) in [7, 11) is 2.10. The summed E-state index contributed by atoms with van der Waals surface area (Å²) in [5.74, 6) is 1.86. The monoisotopic (exact) mass is 463 g/mol. The molecule has 3 N–H and O–H groups in total. The Kier molecular flexibility index (Phi) is 10.7. The van der Waals surface area contributed by atoms with Crippen LogP contribution in [-0.4, -0.2) is 38.8 Å². The fraction of sp³-hybridized carbons (Fsp3) is 0.677. The van der Waals surface area contributed by atoms with Crippen LogP contribution in [-0.2, 0) is 6.42 Å². The Hall–Kier alpha value is -1.42. The molecule has 2 aliphatic rings. The molecule has 0 saturated heterocycles. The molecule has 0 amide bonds. The topological polar surface area (TPSA) is 36.1 Å². The highest BCUT2D eigenvalue weighted by molar-refractivity contribution is 5.83. The maximum atomic E-state index is 3.99. The molecule has 0 spiro atoms. The Labute approximate surface area is 208 Å². The lowest BCUT2D eigenvalue weighted by molar-refractivity contribution is 0.286. The van der Waals surface area contributed by atoms with Crippen LogP contribution in [0.15, 0.2) is 42.5 Å². The lowest BCUT2D eigenvalue weighted by Gasteiger charge is -2.29. The van der Waals surface area contributed by atoms with Crippen molar-refractivity contribution in [2.24, 2.45) is 11.8 Å². The van der Waals surface area contributed by atoms with Crippen LogP contribution in [0.4, 0.5) is 0 Å². The molecule has 0 unspecified atom stereocenters. The number of hydrogen-bond donors (Lipinski definition) is 3. The van der Waals surface area contributed by atoms with Gasteiger partial charge in [-0.25, -0.2) is 0 Å². The molecule has 0 heterocycles. The average Bonchev–Trinajstić information content (AvgIpc) is 2.88. The zero-order chi connectivity index (χ0) is 23.4. The van der Waals surface area contributed by atoms with Crippen molar-refractivity contribution in [3.8, 4) is 0 Å². The second kappa shape index (κ2) is 14.2. The Morgan fingerprint density at radius 3 is 2.18 bits per heavy atom. The van der Waals surface area contributed by atoms with Gasteiger partial charge in [0.2, 0.25) is 0 Å². The molecule has 2 atom stereocenters. The molecule has 2 fully saturated rings. The molecule has 2 aromatic carbocycles. The standard InChI is InChI=1S/C31H49N3/c1-32-23-30(21-26-12-6-3-7-13-26)34-24-31(33-19-18-25-10-4-2-5-11-25)22-27-16-17-28-14-8-9-15-29(28)20-27/h8-9,14-17,20,25-26,30-34H,2-7,10-13,18-19,21-24H2,1H3/t30-,31-/m1/s1. The predicted octanol–water partition coefficient (Wildman–Crippen LogP) is 6.46. The van der Waals surface area contributed by atoms with Crippen molar-refractivity contribution in [3.05, 3.63) is 48.0 Å². The van der Waals surface area contributed by atoms with Gasteiger partial charge in [-0.05, 0) is 61.0 Å². The van der Waals surface area contributed by atoms with E-state index in [0.29, 0.717) is 12.1 Å². The molecule has 2 aromatic rings. The molecule has 3 nitrogen and oxygen atoms in total. The first-order valence-corrected chi connectivity index (χ1v) is 14.4. The smallest absolute Gasteiger partial charge is 0.0232 e. The highest BCUT2D eigenvalue weighted by atomic mass is 15.0. The van der Waals surface area contributed by atoms with Crippen molar-refractivity contribution in [1.82, 2.24) is 16.0 Å². The second-order valence-electron chi connectivity index (χ2n) is 11.2. The normalized spacial score (nSPS) is 19.9. The summed E-state index contributed by atoms with van der Waals surface area (Å²) in [5.41, 5.74) is 1.45. The Morgan fingerprint density at radius 2 is 1.44 bits per heavy atom. The van der Waals surface area contributed by atoms with Crippen molar-refractivity contribution in [3.63, 3.8) is 0 Å². The third kappa shape index (κ3) is 8.36. The molecule has 0 bridgehead atoms. The fourth-order valence-electron chi connectivity index (χ4n) is 6.45. The zero-order valence-corrected chi connectivity index (χ0v) is 21.7. The van der Waals surface area contributed by atoms with E-state index in [1.165, 1.54) is 93.4 Å². The second-order valence-corrected chi connectivity index (χ2v) is 11.2. The van der Waals surface area contributed by atoms with Crippen molar-refractivity contribution in [1.29, 1.82) is 0 Å². The van der Waals surface area contributed by atoms with Gasteiger partial charge in [-0.2, -0.15) is 0 Å². The molecule has 0 aromatic heterocycles. The van der Waals surface area contributed by atoms with Gasteiger partial charge in [-0.1, -0.05) is 107 Å². The fourth-order valence-corrected chi connectivity index (χ4v) is 6.45. The molecule has 2 saturated carbocycles. The summed E-state index contributed by atoms with van der Waals surface area (Å²) in [5, 5.41) is 14.1. The Morgan fingerprint density at radius 1 is 0.735 bits per heavy atom. The summed E-state index contributed by atoms with van der Waals surface area (Å²) >= 11 is 0. The molecule has 0 radical (unpaired) electrons. The average molecular weight is 464 g/mol. The van der Waals surface area contributed by atoms with Gasteiger partial charge in [-0.3, -0.25) is 0 Å². The van der Waals surface area contributed by atoms with Gasteiger partial charge in [0.05, 0.1) is 0 Å². The minimum absolute atomic E-state index is 0.482. The first-order chi connectivity index (χ1) is 16.8. The largest absolute Gasteiger partial charge is 0.318 e. The van der Waals surface area contributed by atoms with Gasteiger partial charge in [0, 0.05) is 25.2 Å². The minimum Gasteiger partial charge on any atom is -0.318 e. The highest BCUT2D eigenvalue weighted by Gasteiger charge is 2.20. The predicted molar refractivity (Wildman–Crippen MR) is 148 cm³/mol. The zero-order valence-electron chi connectivity index (χ0n) is 21.7. The van der Waals surface area contributed by atoms with Crippen LogP contribution in [0.5, 0.6) is 0 Å². The van der Waals surface area contributed by atoms with E-state index in [-0.39, 0.29) is 0 Å². The third-order valence-electron chi connectivity index (χ3n) is 8.45. The van der Waals surface area contributed by atoms with Crippen molar-refractivity contribution in [2.75, 3.05) is 26.7 Å². The molecule has 4 rings (SSSR count). The summed E-state index contributed by atoms with van der Waals surface area (Å²) in [6.45, 7) is 3.28. The number of nitrogens with one attached hydrogen (secondary N) is 3. The lowest BCUT2D eigenvalue weighted by atomic mass is 9.84. The van der Waals surface area contributed by atoms with E-state index in [1.807, 2.05) is 0 Å². The van der Waals surface area contributed by atoms with Gasteiger partial charge in [0.1, 0.15) is 0 Å². The maximum absolute atomic E-state index is 3.99. The van der Waals surface area contributed by atoms with E-state index in [4.69, 9.17) is 0 Å². The van der Waals surface area contributed by atoms with Gasteiger partial charge in [0.15, 0.2) is 0 Å². The summed E-state index contributed by atoms with van der Waals surface area (Å²) in [6.07, 6.45) is 18.2. The van der Waals surface area contributed by atoms with Crippen LogP contribution >= 0.6 is 0 Å². The van der Waals surface area contributed by atoms with Crippen LogP contribution in [0.1, 0.15) is 82.6 Å². The molecule has 2 aliphatic carbocycles. The van der Waals surface area contributed by atoms with Crippen molar-refractivity contribution in [2.45, 2.75) is 95.6 Å². The number of rotatable bonds is 13. The number of benzene rings is 2. The van der Waals surface area contributed by atoms with E-state index in [9.17, 15) is 0 Å². The number of likely N-dealkylation sites (N-methyl/N-ethyl adjacent to an activating group) is 1. The molecule has 3 heteroatoms. The molecule has 34 heavy (non-hydrogen) atoms. The Balaban J connectivity index is 1.35. The van der Waals surface area contributed by atoms with Gasteiger partial charge in [0.25, 0.3) is 0 Å². The van der Waals surface area contributed by atoms with Crippen molar-refractivity contribution < 1.29 is 0 Å². The van der Waals surface area contributed by atoms with E-state index < -0.39 is 0 Å². The van der Waals surface area contributed by atoms with E-state index in [1.54, 1.807) is 0 Å². The molecular weight excluding hydrogens is 414 g/mol. The van der Waals surface area contributed by atoms with Crippen molar-refractivity contribution >= 4 is 10.8 Å². The van der Waals surface area contributed by atoms with Crippen LogP contribution in [0.2, 0.25) is 0 Å². The Bertz CT molecular complexity index is 822. The number of hydrogen-bond acceptors (Lipinski definition) is 3. The quantitative estimate of drug-likeness (QED) is 0.319. The van der Waals surface area contributed by atoms with Gasteiger partial charge >= 0.3 is 0 Å². The molecule has 188 valence electrons. The maximum Gasteiger partial charge on any atom is 0.0232 e. The van der Waals surface area contributed by atoms with Crippen LogP contribution < -0.4 is 16.0 Å². The number of fused-ring (bicyclic) bond motifs is 1. The van der Waals surface area contributed by atoms with Gasteiger partial charge < -0.3 is 16.0 Å².